The summed E-state index contributed by atoms with van der Waals surface area (Å²) in [4.78, 5) is 4.71. The van der Waals surface area contributed by atoms with E-state index in [-0.39, 0.29) is 0 Å². The first-order chi connectivity index (χ1) is 10.4. The highest BCUT2D eigenvalue weighted by atomic mass is 32.1. The number of aliphatic hydroxyl groups excluding tert-OH is 1. The van der Waals surface area contributed by atoms with E-state index < -0.39 is 0 Å². The average molecular weight is 322 g/mol. The van der Waals surface area contributed by atoms with Crippen LogP contribution in [0.4, 0.5) is 0 Å². The van der Waals surface area contributed by atoms with Gasteiger partial charge in [-0.3, -0.25) is 0 Å². The highest BCUT2D eigenvalue weighted by Crippen LogP contribution is 2.26. The summed E-state index contributed by atoms with van der Waals surface area (Å²) in [5.74, 6) is 0.405. The molecule has 0 aliphatic heterocycles. The van der Waals surface area contributed by atoms with Gasteiger partial charge in [-0.15, -0.1) is 11.3 Å². The maximum Gasteiger partial charge on any atom is 0.124 e. The first-order valence-electron chi connectivity index (χ1n) is 7.68. The van der Waals surface area contributed by atoms with Crippen LogP contribution in [0.1, 0.15) is 37.8 Å². The lowest BCUT2D eigenvalue weighted by Crippen LogP contribution is -2.36. The standard InChI is InChI=1S/C16H22N2OS2/c19-9-12-4-2-1-3-5-15(12)17-8-14-11-21-16(18-14)13-6-7-20-10-13/h6-7,10-12,15,17,19H,1-5,8-9H2. The molecule has 2 atom stereocenters. The fourth-order valence-corrected chi connectivity index (χ4v) is 4.55. The lowest BCUT2D eigenvalue weighted by Gasteiger charge is -2.24. The van der Waals surface area contributed by atoms with Gasteiger partial charge in [0.05, 0.1) is 5.69 Å². The van der Waals surface area contributed by atoms with Crippen molar-refractivity contribution in [1.29, 1.82) is 0 Å². The largest absolute Gasteiger partial charge is 0.396 e. The molecule has 3 nitrogen and oxygen atoms in total. The third-order valence-corrected chi connectivity index (χ3v) is 5.88. The van der Waals surface area contributed by atoms with Crippen molar-refractivity contribution in [3.63, 3.8) is 0 Å². The van der Waals surface area contributed by atoms with Gasteiger partial charge in [0, 0.05) is 35.5 Å². The van der Waals surface area contributed by atoms with Crippen LogP contribution in [-0.4, -0.2) is 22.7 Å². The number of nitrogens with one attached hydrogen (secondary N) is 1. The molecule has 2 unspecified atom stereocenters. The van der Waals surface area contributed by atoms with Gasteiger partial charge in [-0.2, -0.15) is 11.3 Å². The van der Waals surface area contributed by atoms with Gasteiger partial charge in [0.1, 0.15) is 5.01 Å². The van der Waals surface area contributed by atoms with E-state index in [1.54, 1.807) is 22.7 Å². The van der Waals surface area contributed by atoms with Crippen molar-refractivity contribution < 1.29 is 5.11 Å². The molecule has 1 saturated carbocycles. The van der Waals surface area contributed by atoms with Gasteiger partial charge in [-0.1, -0.05) is 19.3 Å². The molecule has 2 aromatic heterocycles. The summed E-state index contributed by atoms with van der Waals surface area (Å²) >= 11 is 3.42. The zero-order valence-electron chi connectivity index (χ0n) is 12.1. The number of aliphatic hydroxyl groups is 1. The number of hydrogen-bond donors (Lipinski definition) is 2. The Kier molecular flexibility index (Phi) is 5.41. The van der Waals surface area contributed by atoms with Crippen LogP contribution in [0.15, 0.2) is 22.2 Å². The molecule has 0 spiro atoms. The van der Waals surface area contributed by atoms with Gasteiger partial charge in [-0.25, -0.2) is 4.98 Å². The van der Waals surface area contributed by atoms with Crippen molar-refractivity contribution in [1.82, 2.24) is 10.3 Å². The molecular weight excluding hydrogens is 300 g/mol. The molecule has 1 aliphatic rings. The van der Waals surface area contributed by atoms with Crippen molar-refractivity contribution in [3.8, 4) is 10.6 Å². The molecule has 1 fully saturated rings. The zero-order valence-corrected chi connectivity index (χ0v) is 13.8. The summed E-state index contributed by atoms with van der Waals surface area (Å²) in [5.41, 5.74) is 2.33. The first-order valence-corrected chi connectivity index (χ1v) is 9.50. The van der Waals surface area contributed by atoms with Crippen molar-refractivity contribution in [2.45, 2.75) is 44.7 Å². The van der Waals surface area contributed by atoms with Crippen molar-refractivity contribution in [3.05, 3.63) is 27.9 Å². The van der Waals surface area contributed by atoms with E-state index in [2.05, 4.69) is 27.5 Å². The fourth-order valence-electron chi connectivity index (χ4n) is 3.01. The van der Waals surface area contributed by atoms with Crippen LogP contribution in [0.2, 0.25) is 0 Å². The minimum absolute atomic E-state index is 0.300. The van der Waals surface area contributed by atoms with Gasteiger partial charge in [-0.05, 0) is 30.2 Å². The number of hydrogen-bond acceptors (Lipinski definition) is 5. The quantitative estimate of drug-likeness (QED) is 0.821. The summed E-state index contributed by atoms with van der Waals surface area (Å²) in [6.45, 7) is 1.11. The Hall–Kier alpha value is -0.750. The Labute approximate surface area is 134 Å². The number of thiophene rings is 1. The molecule has 5 heteroatoms. The molecule has 2 N–H and O–H groups in total. The Morgan fingerprint density at radius 2 is 2.14 bits per heavy atom. The Morgan fingerprint density at radius 3 is 2.95 bits per heavy atom. The van der Waals surface area contributed by atoms with Gasteiger partial charge in [0.15, 0.2) is 0 Å². The topological polar surface area (TPSA) is 45.1 Å². The van der Waals surface area contributed by atoms with Gasteiger partial charge in [0.2, 0.25) is 0 Å². The van der Waals surface area contributed by atoms with Crippen molar-refractivity contribution in [2.75, 3.05) is 6.61 Å². The van der Waals surface area contributed by atoms with Gasteiger partial charge < -0.3 is 10.4 Å². The minimum atomic E-state index is 0.300. The molecule has 0 radical (unpaired) electrons. The van der Waals surface area contributed by atoms with Crippen LogP contribution in [0.5, 0.6) is 0 Å². The summed E-state index contributed by atoms with van der Waals surface area (Å²) in [7, 11) is 0. The second-order valence-electron chi connectivity index (χ2n) is 5.72. The lowest BCUT2D eigenvalue weighted by molar-refractivity contribution is 0.181. The smallest absolute Gasteiger partial charge is 0.124 e. The third-order valence-electron chi connectivity index (χ3n) is 4.26. The molecule has 2 heterocycles. The molecule has 3 rings (SSSR count). The van der Waals surface area contributed by atoms with Gasteiger partial charge >= 0.3 is 0 Å². The number of nitrogens with zero attached hydrogens (tertiary/aromatic N) is 1. The monoisotopic (exact) mass is 322 g/mol. The summed E-state index contributed by atoms with van der Waals surface area (Å²) < 4.78 is 0. The first kappa shape index (κ1) is 15.2. The Bertz CT molecular complexity index is 538. The van der Waals surface area contributed by atoms with Crippen molar-refractivity contribution >= 4 is 22.7 Å². The highest BCUT2D eigenvalue weighted by molar-refractivity contribution is 7.14. The summed E-state index contributed by atoms with van der Waals surface area (Å²) in [6, 6.07) is 2.55. The molecular formula is C16H22N2OS2. The number of aromatic nitrogens is 1. The third kappa shape index (κ3) is 3.92. The van der Waals surface area contributed by atoms with E-state index in [1.165, 1.54) is 31.2 Å². The maximum atomic E-state index is 9.56. The van der Waals surface area contributed by atoms with Crippen molar-refractivity contribution in [2.24, 2.45) is 5.92 Å². The molecule has 2 aromatic rings. The molecule has 1 aliphatic carbocycles. The van der Waals surface area contributed by atoms with E-state index >= 15 is 0 Å². The number of rotatable bonds is 5. The Morgan fingerprint density at radius 1 is 1.24 bits per heavy atom. The second kappa shape index (κ2) is 7.49. The molecule has 0 saturated heterocycles. The van der Waals surface area contributed by atoms with Crippen LogP contribution in [0.25, 0.3) is 10.6 Å². The van der Waals surface area contributed by atoms with Crippen LogP contribution in [-0.2, 0) is 6.54 Å². The van der Waals surface area contributed by atoms with Crippen LogP contribution >= 0.6 is 22.7 Å². The van der Waals surface area contributed by atoms with E-state index in [1.807, 2.05) is 0 Å². The van der Waals surface area contributed by atoms with E-state index in [0.717, 1.165) is 23.7 Å². The predicted molar refractivity (Wildman–Crippen MR) is 89.7 cm³/mol. The van der Waals surface area contributed by atoms with Gasteiger partial charge in [0.25, 0.3) is 0 Å². The van der Waals surface area contributed by atoms with Crippen LogP contribution < -0.4 is 5.32 Å². The van der Waals surface area contributed by atoms with Crippen LogP contribution in [0.3, 0.4) is 0 Å². The molecule has 0 amide bonds. The lowest BCUT2D eigenvalue weighted by atomic mass is 9.95. The minimum Gasteiger partial charge on any atom is -0.396 e. The van der Waals surface area contributed by atoms with E-state index in [4.69, 9.17) is 4.98 Å². The SMILES string of the molecule is OCC1CCCCCC1NCc1csc(-c2ccsc2)n1. The summed E-state index contributed by atoms with van der Waals surface area (Å²) in [6.07, 6.45) is 6.14. The molecule has 0 bridgehead atoms. The summed E-state index contributed by atoms with van der Waals surface area (Å²) in [5, 5.41) is 20.7. The van der Waals surface area contributed by atoms with Crippen LogP contribution in [0, 0.1) is 5.92 Å². The second-order valence-corrected chi connectivity index (χ2v) is 7.36. The van der Waals surface area contributed by atoms with E-state index in [9.17, 15) is 5.11 Å². The predicted octanol–water partition coefficient (Wildman–Crippen LogP) is 3.90. The Balaban J connectivity index is 1.59. The number of thiazole rings is 1. The van der Waals surface area contributed by atoms with E-state index in [0.29, 0.717) is 18.6 Å². The highest BCUT2D eigenvalue weighted by Gasteiger charge is 2.22. The zero-order chi connectivity index (χ0) is 14.5. The molecule has 0 aromatic carbocycles. The average Bonchev–Trinajstić information content (AvgIpc) is 3.13. The normalized spacial score (nSPS) is 23.1. The fraction of sp³-hybridized carbons (Fsp3) is 0.562. The molecule has 114 valence electrons. The maximum absolute atomic E-state index is 9.56. The molecule has 21 heavy (non-hydrogen) atoms.